The molecule has 7 nitrogen and oxygen atoms in total. The van der Waals surface area contributed by atoms with E-state index >= 15 is 0 Å². The third kappa shape index (κ3) is 4.46. The lowest BCUT2D eigenvalue weighted by Crippen LogP contribution is -2.24. The van der Waals surface area contributed by atoms with Crippen molar-refractivity contribution in [2.75, 3.05) is 19.5 Å². The Bertz CT molecular complexity index is 411. The highest BCUT2D eigenvalue weighted by Crippen LogP contribution is 2.18. The zero-order chi connectivity index (χ0) is 13.5. The number of aromatic nitrogens is 1. The molecular formula is C11H17N3O4. The number of hydrogen-bond donors (Lipinski definition) is 2. The first-order valence-corrected chi connectivity index (χ1v) is 5.36. The monoisotopic (exact) mass is 255 g/mol. The van der Waals surface area contributed by atoms with Crippen molar-refractivity contribution in [2.24, 2.45) is 5.73 Å². The summed E-state index contributed by atoms with van der Waals surface area (Å²) in [5.41, 5.74) is 11.2. The van der Waals surface area contributed by atoms with Crippen LogP contribution in [0.3, 0.4) is 0 Å². The van der Waals surface area contributed by atoms with Crippen molar-refractivity contribution in [3.8, 4) is 5.75 Å². The molecule has 4 N–H and O–H groups in total. The SMILES string of the molecule is COc1ccc(COC[C@@H](C)OC(N)=O)nc1N. The van der Waals surface area contributed by atoms with Crippen LogP contribution in [0.4, 0.5) is 10.6 Å². The molecule has 0 aliphatic heterocycles. The number of hydrogen-bond acceptors (Lipinski definition) is 6. The van der Waals surface area contributed by atoms with E-state index in [1.165, 1.54) is 7.11 Å². The number of carbonyl (C=O) groups excluding carboxylic acids is 1. The summed E-state index contributed by atoms with van der Waals surface area (Å²) < 4.78 is 15.0. The maximum Gasteiger partial charge on any atom is 0.404 e. The molecule has 0 aromatic carbocycles. The smallest absolute Gasteiger partial charge is 0.404 e. The van der Waals surface area contributed by atoms with Gasteiger partial charge in [0.1, 0.15) is 6.10 Å². The number of amides is 1. The maximum absolute atomic E-state index is 10.5. The van der Waals surface area contributed by atoms with Crippen LogP contribution in [0.25, 0.3) is 0 Å². The molecule has 0 radical (unpaired) electrons. The third-order valence-corrected chi connectivity index (χ3v) is 2.08. The largest absolute Gasteiger partial charge is 0.493 e. The molecule has 18 heavy (non-hydrogen) atoms. The van der Waals surface area contributed by atoms with Crippen LogP contribution < -0.4 is 16.2 Å². The maximum atomic E-state index is 10.5. The highest BCUT2D eigenvalue weighted by molar-refractivity contribution is 5.64. The Morgan fingerprint density at radius 3 is 2.78 bits per heavy atom. The lowest BCUT2D eigenvalue weighted by Gasteiger charge is -2.12. The minimum absolute atomic E-state index is 0.233. The second-order valence-corrected chi connectivity index (χ2v) is 3.65. The van der Waals surface area contributed by atoms with E-state index in [9.17, 15) is 4.79 Å². The number of pyridine rings is 1. The van der Waals surface area contributed by atoms with Crippen molar-refractivity contribution in [3.63, 3.8) is 0 Å². The highest BCUT2D eigenvalue weighted by atomic mass is 16.6. The lowest BCUT2D eigenvalue weighted by molar-refractivity contribution is 0.0242. The quantitative estimate of drug-likeness (QED) is 0.773. The van der Waals surface area contributed by atoms with E-state index in [0.717, 1.165) is 0 Å². The number of nitrogen functional groups attached to an aromatic ring is 1. The topological polar surface area (TPSA) is 110 Å². The van der Waals surface area contributed by atoms with Gasteiger partial charge in [-0.3, -0.25) is 0 Å². The van der Waals surface area contributed by atoms with E-state index in [2.05, 4.69) is 4.98 Å². The Labute approximate surface area is 105 Å². The number of nitrogens with zero attached hydrogens (tertiary/aromatic N) is 1. The van der Waals surface area contributed by atoms with Crippen LogP contribution in [0.1, 0.15) is 12.6 Å². The van der Waals surface area contributed by atoms with E-state index in [4.69, 9.17) is 25.7 Å². The molecular weight excluding hydrogens is 238 g/mol. The van der Waals surface area contributed by atoms with Gasteiger partial charge in [0, 0.05) is 0 Å². The molecule has 1 atom stereocenters. The summed E-state index contributed by atoms with van der Waals surface area (Å²) in [5, 5.41) is 0. The zero-order valence-electron chi connectivity index (χ0n) is 10.4. The Balaban J connectivity index is 2.40. The molecule has 0 aliphatic rings. The van der Waals surface area contributed by atoms with Crippen LogP contribution in [-0.2, 0) is 16.1 Å². The van der Waals surface area contributed by atoms with E-state index in [0.29, 0.717) is 17.3 Å². The number of carbonyl (C=O) groups is 1. The van der Waals surface area contributed by atoms with Crippen LogP contribution in [-0.4, -0.2) is 30.9 Å². The summed E-state index contributed by atoms with van der Waals surface area (Å²) >= 11 is 0. The van der Waals surface area contributed by atoms with Gasteiger partial charge in [0.05, 0.1) is 26.0 Å². The number of ether oxygens (including phenoxy) is 3. The molecule has 0 aliphatic carbocycles. The summed E-state index contributed by atoms with van der Waals surface area (Å²) in [4.78, 5) is 14.6. The molecule has 0 fully saturated rings. The van der Waals surface area contributed by atoms with E-state index in [-0.39, 0.29) is 13.2 Å². The second kappa shape index (κ2) is 6.65. The average molecular weight is 255 g/mol. The minimum atomic E-state index is -0.821. The summed E-state index contributed by atoms with van der Waals surface area (Å²) in [6.07, 6.45) is -1.23. The van der Waals surface area contributed by atoms with Crippen LogP contribution >= 0.6 is 0 Å². The molecule has 0 bridgehead atoms. The van der Waals surface area contributed by atoms with E-state index in [1.54, 1.807) is 19.1 Å². The Hall–Kier alpha value is -2.02. The van der Waals surface area contributed by atoms with Crippen molar-refractivity contribution < 1.29 is 19.0 Å². The molecule has 1 aromatic heterocycles. The van der Waals surface area contributed by atoms with Crippen LogP contribution in [0.15, 0.2) is 12.1 Å². The van der Waals surface area contributed by atoms with Gasteiger partial charge in [-0.1, -0.05) is 0 Å². The summed E-state index contributed by atoms with van der Waals surface area (Å²) in [5.74, 6) is 0.823. The fourth-order valence-corrected chi connectivity index (χ4v) is 1.32. The molecule has 0 spiro atoms. The standard InChI is InChI=1S/C11H17N3O4/c1-7(18-11(13)15)5-17-6-8-3-4-9(16-2)10(12)14-8/h3-4,7H,5-6H2,1-2H3,(H2,12,14)(H2,13,15)/t7-/m1/s1. The van der Waals surface area contributed by atoms with Gasteiger partial charge in [-0.15, -0.1) is 0 Å². The summed E-state index contributed by atoms with van der Waals surface area (Å²) in [7, 11) is 1.52. The number of rotatable bonds is 6. The fraction of sp³-hybridized carbons (Fsp3) is 0.455. The van der Waals surface area contributed by atoms with Crippen molar-refractivity contribution in [2.45, 2.75) is 19.6 Å². The van der Waals surface area contributed by atoms with Gasteiger partial charge in [0.25, 0.3) is 0 Å². The molecule has 1 amide bonds. The van der Waals surface area contributed by atoms with Gasteiger partial charge in [-0.25, -0.2) is 9.78 Å². The summed E-state index contributed by atoms with van der Waals surface area (Å²) in [6, 6.07) is 3.46. The normalized spacial score (nSPS) is 11.9. The van der Waals surface area contributed by atoms with Crippen LogP contribution in [0, 0.1) is 0 Å². The molecule has 0 unspecified atom stereocenters. The fourth-order valence-electron chi connectivity index (χ4n) is 1.32. The van der Waals surface area contributed by atoms with Gasteiger partial charge in [-0.05, 0) is 19.1 Å². The molecule has 7 heteroatoms. The van der Waals surface area contributed by atoms with Crippen molar-refractivity contribution >= 4 is 11.9 Å². The van der Waals surface area contributed by atoms with E-state index < -0.39 is 12.2 Å². The van der Waals surface area contributed by atoms with E-state index in [1.807, 2.05) is 0 Å². The number of methoxy groups -OCH3 is 1. The number of primary amides is 1. The van der Waals surface area contributed by atoms with Gasteiger partial charge < -0.3 is 25.7 Å². The molecule has 1 aromatic rings. The van der Waals surface area contributed by atoms with Crippen molar-refractivity contribution in [1.29, 1.82) is 0 Å². The lowest BCUT2D eigenvalue weighted by atomic mass is 10.3. The first kappa shape index (κ1) is 14.0. The first-order chi connectivity index (χ1) is 8.52. The van der Waals surface area contributed by atoms with Gasteiger partial charge in [-0.2, -0.15) is 0 Å². The van der Waals surface area contributed by atoms with Gasteiger partial charge in [0.2, 0.25) is 0 Å². The third-order valence-electron chi connectivity index (χ3n) is 2.08. The highest BCUT2D eigenvalue weighted by Gasteiger charge is 2.07. The van der Waals surface area contributed by atoms with Crippen LogP contribution in [0.2, 0.25) is 0 Å². The molecule has 100 valence electrons. The predicted molar refractivity (Wildman–Crippen MR) is 65.0 cm³/mol. The molecule has 1 rings (SSSR count). The molecule has 0 saturated heterocycles. The second-order valence-electron chi connectivity index (χ2n) is 3.65. The Morgan fingerprint density at radius 2 is 2.22 bits per heavy atom. The Kier molecular flexibility index (Phi) is 5.19. The average Bonchev–Trinajstić information content (AvgIpc) is 2.28. The predicted octanol–water partition coefficient (Wildman–Crippen LogP) is 0.673. The number of anilines is 1. The van der Waals surface area contributed by atoms with Gasteiger partial charge >= 0.3 is 6.09 Å². The molecule has 1 heterocycles. The zero-order valence-corrected chi connectivity index (χ0v) is 10.4. The minimum Gasteiger partial charge on any atom is -0.493 e. The van der Waals surface area contributed by atoms with Gasteiger partial charge in [0.15, 0.2) is 11.6 Å². The Morgan fingerprint density at radius 1 is 1.50 bits per heavy atom. The molecule has 0 saturated carbocycles. The van der Waals surface area contributed by atoms with Crippen LogP contribution in [0.5, 0.6) is 5.75 Å². The first-order valence-electron chi connectivity index (χ1n) is 5.36. The van der Waals surface area contributed by atoms with Crippen molar-refractivity contribution in [1.82, 2.24) is 4.98 Å². The number of nitrogens with two attached hydrogens (primary N) is 2. The summed E-state index contributed by atoms with van der Waals surface area (Å²) in [6.45, 7) is 2.18. The van der Waals surface area contributed by atoms with Crippen molar-refractivity contribution in [3.05, 3.63) is 17.8 Å².